The van der Waals surface area contributed by atoms with Gasteiger partial charge in [-0.15, -0.1) is 6.58 Å². The molecule has 0 aliphatic carbocycles. The molecule has 0 radical (unpaired) electrons. The highest BCUT2D eigenvalue weighted by Gasteiger charge is 2.28. The number of rotatable bonds is 3. The summed E-state index contributed by atoms with van der Waals surface area (Å²) < 4.78 is 10.8. The number of phenols is 3. The molecule has 2 aromatic carbocycles. The summed E-state index contributed by atoms with van der Waals surface area (Å²) in [5.74, 6) is -0.676. The Hall–Kier alpha value is -3.15. The molecule has 3 N–H and O–H groups in total. The number of allylic oxidation sites excluding steroid dienone is 1. The summed E-state index contributed by atoms with van der Waals surface area (Å²) in [6, 6.07) is 3.73. The molecule has 0 bridgehead atoms. The lowest BCUT2D eigenvalue weighted by molar-refractivity contribution is 0.374. The molecule has 3 aromatic rings. The average Bonchev–Trinajstić information content (AvgIpc) is 2.53. The van der Waals surface area contributed by atoms with Crippen molar-refractivity contribution in [1.82, 2.24) is 0 Å². The first-order valence-electron chi connectivity index (χ1n) is 7.57. The van der Waals surface area contributed by atoms with Crippen LogP contribution in [0.4, 0.5) is 0 Å². The van der Waals surface area contributed by atoms with Crippen LogP contribution in [0.15, 0.2) is 40.1 Å². The fourth-order valence-electron chi connectivity index (χ4n) is 2.90. The van der Waals surface area contributed by atoms with Crippen LogP contribution in [0.1, 0.15) is 19.4 Å². The maximum Gasteiger partial charge on any atom is 0.204 e. The minimum atomic E-state index is -0.728. The predicted octanol–water partition coefficient (Wildman–Crippen LogP) is 3.54. The first-order chi connectivity index (χ1) is 11.7. The van der Waals surface area contributed by atoms with Crippen molar-refractivity contribution in [2.24, 2.45) is 0 Å². The van der Waals surface area contributed by atoms with Gasteiger partial charge in [0.25, 0.3) is 0 Å². The highest BCUT2D eigenvalue weighted by Crippen LogP contribution is 2.42. The van der Waals surface area contributed by atoms with Crippen molar-refractivity contribution in [3.8, 4) is 23.0 Å². The topological polar surface area (TPSA) is 100 Å². The molecule has 1 heterocycles. The lowest BCUT2D eigenvalue weighted by Gasteiger charge is -2.23. The number of hydrogen-bond acceptors (Lipinski definition) is 6. The summed E-state index contributed by atoms with van der Waals surface area (Å²) in [5, 5.41) is 30.6. The second kappa shape index (κ2) is 5.44. The smallest absolute Gasteiger partial charge is 0.204 e. The summed E-state index contributed by atoms with van der Waals surface area (Å²) >= 11 is 0. The number of methoxy groups -OCH3 is 1. The average molecular weight is 342 g/mol. The normalized spacial score (nSPS) is 11.8. The van der Waals surface area contributed by atoms with E-state index in [2.05, 4.69) is 6.58 Å². The third-order valence-electron chi connectivity index (χ3n) is 4.36. The van der Waals surface area contributed by atoms with Crippen LogP contribution < -0.4 is 10.2 Å². The first-order valence-corrected chi connectivity index (χ1v) is 7.57. The molecule has 25 heavy (non-hydrogen) atoms. The van der Waals surface area contributed by atoms with Crippen molar-refractivity contribution in [2.45, 2.75) is 19.3 Å². The SMILES string of the molecule is C=CC(C)(C)c1c(O)cc(O)c2c(=O)c3cc(OC)c(O)cc3oc12. The van der Waals surface area contributed by atoms with Gasteiger partial charge in [0.1, 0.15) is 28.1 Å². The van der Waals surface area contributed by atoms with Crippen molar-refractivity contribution in [3.05, 3.63) is 46.6 Å². The molecule has 0 saturated carbocycles. The van der Waals surface area contributed by atoms with Crippen LogP contribution >= 0.6 is 0 Å². The Bertz CT molecular complexity index is 1080. The van der Waals surface area contributed by atoms with Gasteiger partial charge in [0.2, 0.25) is 5.43 Å². The van der Waals surface area contributed by atoms with Gasteiger partial charge in [-0.2, -0.15) is 0 Å². The number of hydrogen-bond donors (Lipinski definition) is 3. The van der Waals surface area contributed by atoms with Crippen LogP contribution in [-0.4, -0.2) is 22.4 Å². The van der Waals surface area contributed by atoms with Gasteiger partial charge < -0.3 is 24.5 Å². The van der Waals surface area contributed by atoms with Gasteiger partial charge in [-0.3, -0.25) is 4.79 Å². The minimum Gasteiger partial charge on any atom is -0.507 e. The van der Waals surface area contributed by atoms with E-state index in [0.29, 0.717) is 5.56 Å². The summed E-state index contributed by atoms with van der Waals surface area (Å²) in [4.78, 5) is 12.9. The molecule has 6 nitrogen and oxygen atoms in total. The van der Waals surface area contributed by atoms with Crippen LogP contribution in [0.2, 0.25) is 0 Å². The Labute approximate surface area is 143 Å². The second-order valence-electron chi connectivity index (χ2n) is 6.37. The molecule has 0 spiro atoms. The minimum absolute atomic E-state index is 0.0458. The van der Waals surface area contributed by atoms with E-state index in [1.54, 1.807) is 19.9 Å². The molecule has 0 aliphatic heterocycles. The number of benzene rings is 2. The lowest BCUT2D eigenvalue weighted by atomic mass is 9.83. The van der Waals surface area contributed by atoms with E-state index in [9.17, 15) is 20.1 Å². The first kappa shape index (κ1) is 16.7. The Morgan fingerprint density at radius 3 is 2.40 bits per heavy atom. The van der Waals surface area contributed by atoms with Gasteiger partial charge in [0.05, 0.1) is 12.5 Å². The Morgan fingerprint density at radius 2 is 1.80 bits per heavy atom. The van der Waals surface area contributed by atoms with E-state index in [-0.39, 0.29) is 44.9 Å². The van der Waals surface area contributed by atoms with E-state index in [4.69, 9.17) is 9.15 Å². The van der Waals surface area contributed by atoms with Crippen molar-refractivity contribution in [2.75, 3.05) is 7.11 Å². The van der Waals surface area contributed by atoms with E-state index in [1.165, 1.54) is 19.2 Å². The molecule has 0 unspecified atom stereocenters. The van der Waals surface area contributed by atoms with Gasteiger partial charge >= 0.3 is 0 Å². The monoisotopic (exact) mass is 342 g/mol. The van der Waals surface area contributed by atoms with Crippen LogP contribution in [-0.2, 0) is 5.41 Å². The van der Waals surface area contributed by atoms with Crippen molar-refractivity contribution < 1.29 is 24.5 Å². The lowest BCUT2D eigenvalue weighted by Crippen LogP contribution is -2.15. The Morgan fingerprint density at radius 1 is 1.12 bits per heavy atom. The summed E-state index contributed by atoms with van der Waals surface area (Å²) in [6.45, 7) is 7.34. The molecule has 0 saturated heterocycles. The fraction of sp³-hybridized carbons (Fsp3) is 0.211. The summed E-state index contributed by atoms with van der Waals surface area (Å²) in [5.41, 5.74) is -0.738. The molecule has 0 aliphatic rings. The molecule has 0 amide bonds. The molecule has 130 valence electrons. The Kier molecular flexibility index (Phi) is 3.64. The summed E-state index contributed by atoms with van der Waals surface area (Å²) in [6.07, 6.45) is 1.61. The molecular formula is C19H18O6. The predicted molar refractivity (Wildman–Crippen MR) is 94.8 cm³/mol. The number of aromatic hydroxyl groups is 3. The zero-order valence-corrected chi connectivity index (χ0v) is 14.1. The third kappa shape index (κ3) is 2.38. The molecule has 0 atom stereocenters. The fourth-order valence-corrected chi connectivity index (χ4v) is 2.90. The van der Waals surface area contributed by atoms with Crippen molar-refractivity contribution >= 4 is 21.9 Å². The number of ether oxygens (including phenoxy) is 1. The van der Waals surface area contributed by atoms with Crippen LogP contribution in [0.5, 0.6) is 23.0 Å². The van der Waals surface area contributed by atoms with Gasteiger partial charge in [-0.25, -0.2) is 0 Å². The largest absolute Gasteiger partial charge is 0.507 e. The van der Waals surface area contributed by atoms with Crippen LogP contribution in [0.3, 0.4) is 0 Å². The van der Waals surface area contributed by atoms with Crippen molar-refractivity contribution in [1.29, 1.82) is 0 Å². The Balaban J connectivity index is 2.60. The van der Waals surface area contributed by atoms with E-state index in [1.807, 2.05) is 0 Å². The zero-order valence-electron chi connectivity index (χ0n) is 14.1. The molecular weight excluding hydrogens is 324 g/mol. The second-order valence-corrected chi connectivity index (χ2v) is 6.37. The third-order valence-corrected chi connectivity index (χ3v) is 4.36. The standard InChI is InChI=1S/C19H18O6/c1-5-19(2,3)16-12(22)7-11(21)15-17(23)9-6-14(24-4)10(20)8-13(9)25-18(15)16/h5-8,20-22H,1H2,2-4H3. The molecule has 6 heteroatoms. The van der Waals surface area contributed by atoms with Gasteiger partial charge in [-0.05, 0) is 6.07 Å². The zero-order chi connectivity index (χ0) is 18.5. The van der Waals surface area contributed by atoms with Crippen LogP contribution in [0.25, 0.3) is 21.9 Å². The van der Waals surface area contributed by atoms with E-state index in [0.717, 1.165) is 6.07 Å². The van der Waals surface area contributed by atoms with Gasteiger partial charge in [-0.1, -0.05) is 19.9 Å². The maximum absolute atomic E-state index is 12.9. The van der Waals surface area contributed by atoms with Crippen molar-refractivity contribution in [3.63, 3.8) is 0 Å². The van der Waals surface area contributed by atoms with Crippen LogP contribution in [0, 0.1) is 0 Å². The van der Waals surface area contributed by atoms with Gasteiger partial charge in [0, 0.05) is 23.1 Å². The van der Waals surface area contributed by atoms with E-state index >= 15 is 0 Å². The molecule has 1 aromatic heterocycles. The van der Waals surface area contributed by atoms with E-state index < -0.39 is 10.8 Å². The highest BCUT2D eigenvalue weighted by molar-refractivity contribution is 5.97. The number of phenolic OH excluding ortho intramolecular Hbond substituents is 3. The highest BCUT2D eigenvalue weighted by atomic mass is 16.5. The van der Waals surface area contributed by atoms with Gasteiger partial charge in [0.15, 0.2) is 11.5 Å². The molecule has 0 fully saturated rings. The number of fused-ring (bicyclic) bond motifs is 2. The quantitative estimate of drug-likeness (QED) is 0.497. The molecule has 3 rings (SSSR count). The summed E-state index contributed by atoms with van der Waals surface area (Å²) in [7, 11) is 1.36. The maximum atomic E-state index is 12.9.